The molecule has 0 radical (unpaired) electrons. The normalized spacial score (nSPS) is 12.2. The molecule has 0 fully saturated rings. The molecule has 8 nitrogen and oxygen atoms in total. The van der Waals surface area contributed by atoms with Crippen LogP contribution in [0.1, 0.15) is 51.3 Å². The number of carbonyl (C=O) groups excluding carboxylic acids is 2. The predicted octanol–water partition coefficient (Wildman–Crippen LogP) is 6.59. The van der Waals surface area contributed by atoms with Crippen LogP contribution in [0.2, 0.25) is 0 Å². The lowest BCUT2D eigenvalue weighted by Crippen LogP contribution is -2.27. The number of nitrogens with one attached hydrogen (secondary N) is 2. The number of benzene rings is 1. The molecular formula is C30H30N6O2S2. The predicted molar refractivity (Wildman–Crippen MR) is 164 cm³/mol. The first kappa shape index (κ1) is 28.8. The Kier molecular flexibility index (Phi) is 9.57. The van der Waals surface area contributed by atoms with E-state index >= 15 is 0 Å². The minimum Gasteiger partial charge on any atom is -0.301 e. The van der Waals surface area contributed by atoms with Gasteiger partial charge < -0.3 is 5.32 Å². The Labute approximate surface area is 242 Å². The largest absolute Gasteiger partial charge is 0.301 e. The molecular weight excluding hydrogens is 541 g/mol. The van der Waals surface area contributed by atoms with Crippen LogP contribution in [0.5, 0.6) is 0 Å². The molecule has 0 atom stereocenters. The molecule has 2 N–H and O–H groups in total. The van der Waals surface area contributed by atoms with Gasteiger partial charge in [-0.2, -0.15) is 0 Å². The summed E-state index contributed by atoms with van der Waals surface area (Å²) in [5.74, 6) is 0.508. The van der Waals surface area contributed by atoms with E-state index in [1.165, 1.54) is 33.6 Å². The lowest BCUT2D eigenvalue weighted by molar-refractivity contribution is 0.0976. The molecule has 2 amide bonds. The van der Waals surface area contributed by atoms with Crippen LogP contribution in [-0.2, 0) is 0 Å². The number of allylic oxidation sites excluding steroid dienone is 1. The zero-order valence-electron chi connectivity index (χ0n) is 23.0. The van der Waals surface area contributed by atoms with E-state index in [9.17, 15) is 9.59 Å². The Hall–Kier alpha value is -4.15. The van der Waals surface area contributed by atoms with Gasteiger partial charge in [0.2, 0.25) is 0 Å². The highest BCUT2D eigenvalue weighted by atomic mass is 32.2. The van der Waals surface area contributed by atoms with Crippen LogP contribution in [-0.4, -0.2) is 37.7 Å². The Morgan fingerprint density at radius 2 is 1.38 bits per heavy atom. The lowest BCUT2D eigenvalue weighted by atomic mass is 9.98. The van der Waals surface area contributed by atoms with Gasteiger partial charge in [0.15, 0.2) is 10.3 Å². The Bertz CT molecular complexity index is 1550. The summed E-state index contributed by atoms with van der Waals surface area (Å²) in [4.78, 5) is 40.7. The molecule has 0 saturated carbocycles. The van der Waals surface area contributed by atoms with E-state index in [1.807, 2.05) is 19.2 Å². The number of hydrogen-bond acceptors (Lipinski definition) is 8. The molecule has 3 aromatic heterocycles. The van der Waals surface area contributed by atoms with Gasteiger partial charge in [-0.1, -0.05) is 35.0 Å². The van der Waals surface area contributed by atoms with Crippen molar-refractivity contribution in [3.05, 3.63) is 106 Å². The maximum absolute atomic E-state index is 12.2. The first-order valence-electron chi connectivity index (χ1n) is 12.6. The molecule has 4 aromatic rings. The van der Waals surface area contributed by atoms with E-state index in [4.69, 9.17) is 0 Å². The number of pyridine rings is 2. The van der Waals surface area contributed by atoms with Gasteiger partial charge in [-0.25, -0.2) is 9.98 Å². The van der Waals surface area contributed by atoms with E-state index < -0.39 is 0 Å². The van der Waals surface area contributed by atoms with Crippen molar-refractivity contribution in [3.8, 4) is 11.3 Å². The van der Waals surface area contributed by atoms with E-state index in [0.717, 1.165) is 22.7 Å². The Balaban J connectivity index is 0.000000194. The molecule has 0 bridgehead atoms. The SMILES string of the molecule is CC(C)=C1CSC(NC(=O)c2ccncc2)=N1.Cc1cc(C)c(-c2csc(NC(=O)c3ccncc3)n2)c(C)c1. The monoisotopic (exact) mass is 570 g/mol. The van der Waals surface area contributed by atoms with Crippen molar-refractivity contribution in [2.24, 2.45) is 4.99 Å². The first-order chi connectivity index (χ1) is 19.2. The summed E-state index contributed by atoms with van der Waals surface area (Å²) in [5, 5.41) is 8.88. The molecule has 10 heteroatoms. The number of thiazole rings is 1. The minimum absolute atomic E-state index is 0.145. The number of rotatable bonds is 4. The number of hydrogen-bond donors (Lipinski definition) is 2. The molecule has 1 aliphatic rings. The van der Waals surface area contributed by atoms with E-state index in [2.05, 4.69) is 63.5 Å². The van der Waals surface area contributed by atoms with Crippen LogP contribution in [0.3, 0.4) is 0 Å². The third-order valence-electron chi connectivity index (χ3n) is 5.92. The number of aryl methyl sites for hydroxylation is 3. The highest BCUT2D eigenvalue weighted by molar-refractivity contribution is 8.14. The number of carbonyl (C=O) groups is 2. The van der Waals surface area contributed by atoms with Gasteiger partial charge in [-0.3, -0.25) is 24.9 Å². The number of amides is 2. The van der Waals surface area contributed by atoms with Crippen molar-refractivity contribution >= 4 is 45.2 Å². The second kappa shape index (κ2) is 13.3. The van der Waals surface area contributed by atoms with Gasteiger partial charge in [0.1, 0.15) is 0 Å². The maximum atomic E-state index is 12.2. The van der Waals surface area contributed by atoms with Crippen molar-refractivity contribution < 1.29 is 9.59 Å². The number of amidine groups is 1. The van der Waals surface area contributed by atoms with Crippen LogP contribution < -0.4 is 10.6 Å². The summed E-state index contributed by atoms with van der Waals surface area (Å²) >= 11 is 2.98. The van der Waals surface area contributed by atoms with Crippen LogP contribution in [0, 0.1) is 20.8 Å². The average molecular weight is 571 g/mol. The number of aromatic nitrogens is 3. The van der Waals surface area contributed by atoms with Crippen LogP contribution in [0.25, 0.3) is 11.3 Å². The van der Waals surface area contributed by atoms with Crippen molar-refractivity contribution in [1.82, 2.24) is 20.3 Å². The van der Waals surface area contributed by atoms with Crippen LogP contribution >= 0.6 is 23.1 Å². The molecule has 1 aliphatic heterocycles. The summed E-state index contributed by atoms with van der Waals surface area (Å²) in [7, 11) is 0. The molecule has 5 rings (SSSR count). The van der Waals surface area contributed by atoms with Crippen LogP contribution in [0.15, 0.2) is 82.8 Å². The third kappa shape index (κ3) is 7.49. The maximum Gasteiger partial charge on any atom is 0.257 e. The molecule has 0 aliphatic carbocycles. The first-order valence-corrected chi connectivity index (χ1v) is 14.4. The van der Waals surface area contributed by atoms with Gasteiger partial charge in [0.25, 0.3) is 11.8 Å². The third-order valence-corrected chi connectivity index (χ3v) is 7.56. The van der Waals surface area contributed by atoms with E-state index in [-0.39, 0.29) is 11.8 Å². The smallest absolute Gasteiger partial charge is 0.257 e. The summed E-state index contributed by atoms with van der Waals surface area (Å²) in [6.07, 6.45) is 6.39. The molecule has 40 heavy (non-hydrogen) atoms. The minimum atomic E-state index is -0.175. The Morgan fingerprint density at radius 3 is 1.90 bits per heavy atom. The van der Waals surface area contributed by atoms with Gasteiger partial charge in [-0.05, 0) is 70.0 Å². The van der Waals surface area contributed by atoms with Crippen molar-refractivity contribution in [3.63, 3.8) is 0 Å². The van der Waals surface area contributed by atoms with Gasteiger partial charge in [0, 0.05) is 52.6 Å². The van der Waals surface area contributed by atoms with Gasteiger partial charge >= 0.3 is 0 Å². The fourth-order valence-electron chi connectivity index (χ4n) is 4.02. The molecule has 204 valence electrons. The van der Waals surface area contributed by atoms with Gasteiger partial charge in [0.05, 0.1) is 11.4 Å². The van der Waals surface area contributed by atoms with Crippen molar-refractivity contribution in [2.45, 2.75) is 34.6 Å². The number of aliphatic imine (C=N–C) groups is 1. The van der Waals surface area contributed by atoms with Crippen LogP contribution in [0.4, 0.5) is 5.13 Å². The standard InChI is InChI=1S/C18H17N3OS.C12H13N3OS/c1-11-8-12(2)16(13(3)9-11)15-10-23-18(20-15)21-17(22)14-4-6-19-7-5-14;1-8(2)10-7-17-12(14-10)15-11(16)9-3-5-13-6-4-9/h4-10H,1-3H3,(H,20,21,22);3-6H,7H2,1-2H3,(H,14,15,16). The fraction of sp³-hybridized carbons (Fsp3) is 0.200. The summed E-state index contributed by atoms with van der Waals surface area (Å²) in [6.45, 7) is 10.3. The second-order valence-corrected chi connectivity index (χ2v) is 11.2. The molecule has 0 unspecified atom stereocenters. The Morgan fingerprint density at radius 1 is 0.825 bits per heavy atom. The molecule has 0 spiro atoms. The zero-order chi connectivity index (χ0) is 28.6. The van der Waals surface area contributed by atoms with E-state index in [1.54, 1.807) is 60.8 Å². The topological polar surface area (TPSA) is 109 Å². The second-order valence-electron chi connectivity index (χ2n) is 9.34. The number of nitrogens with zero attached hydrogens (tertiary/aromatic N) is 4. The summed E-state index contributed by atoms with van der Waals surface area (Å²) < 4.78 is 0. The molecule has 0 saturated heterocycles. The number of thioether (sulfide) groups is 1. The summed E-state index contributed by atoms with van der Waals surface area (Å²) in [6, 6.07) is 11.0. The average Bonchev–Trinajstić information content (AvgIpc) is 3.59. The highest BCUT2D eigenvalue weighted by Gasteiger charge is 2.16. The lowest BCUT2D eigenvalue weighted by Gasteiger charge is -2.08. The van der Waals surface area contributed by atoms with E-state index in [0.29, 0.717) is 21.4 Å². The van der Waals surface area contributed by atoms with Gasteiger partial charge in [-0.15, -0.1) is 11.3 Å². The zero-order valence-corrected chi connectivity index (χ0v) is 24.6. The fourth-order valence-corrected chi connectivity index (χ4v) is 5.68. The van der Waals surface area contributed by atoms with Crippen molar-refractivity contribution in [2.75, 3.05) is 11.1 Å². The molecule has 4 heterocycles. The quantitative estimate of drug-likeness (QED) is 0.286. The highest BCUT2D eigenvalue weighted by Crippen LogP contribution is 2.31. The van der Waals surface area contributed by atoms with Crippen molar-refractivity contribution in [1.29, 1.82) is 0 Å². The number of anilines is 1. The molecule has 1 aromatic carbocycles. The summed E-state index contributed by atoms with van der Waals surface area (Å²) in [5.41, 5.74) is 9.05.